The van der Waals surface area contributed by atoms with Crippen LogP contribution >= 0.6 is 0 Å². The van der Waals surface area contributed by atoms with E-state index in [4.69, 9.17) is 4.74 Å². The molecule has 2 rings (SSSR count). The van der Waals surface area contributed by atoms with E-state index < -0.39 is 12.2 Å². The predicted octanol–water partition coefficient (Wildman–Crippen LogP) is 1.45. The molecule has 2 amide bonds. The molecule has 0 atom stereocenters. The van der Waals surface area contributed by atoms with Gasteiger partial charge in [0.15, 0.2) is 6.29 Å². The highest BCUT2D eigenvalue weighted by Crippen LogP contribution is 2.17. The number of cyclic esters (lactones) is 1. The maximum absolute atomic E-state index is 11.6. The molecule has 1 fully saturated rings. The van der Waals surface area contributed by atoms with Crippen LogP contribution in [0.5, 0.6) is 5.75 Å². The van der Waals surface area contributed by atoms with Gasteiger partial charge < -0.3 is 9.47 Å². The Labute approximate surface area is 96.7 Å². The number of imide groups is 1. The number of carbonyl (C=O) groups excluding carboxylic acids is 3. The molecule has 0 saturated carbocycles. The summed E-state index contributed by atoms with van der Waals surface area (Å²) in [5.41, 5.74) is 0.244. The summed E-state index contributed by atoms with van der Waals surface area (Å²) in [6.45, 7) is 0.310. The van der Waals surface area contributed by atoms with E-state index in [1.165, 1.54) is 12.1 Å². The van der Waals surface area contributed by atoms with Crippen molar-refractivity contribution in [3.05, 3.63) is 29.8 Å². The van der Waals surface area contributed by atoms with Crippen LogP contribution < -0.4 is 4.74 Å². The molecular formula is C11H9NO5. The monoisotopic (exact) mass is 235 g/mol. The van der Waals surface area contributed by atoms with Crippen LogP contribution in [0.3, 0.4) is 0 Å². The number of ether oxygens (including phenoxy) is 2. The van der Waals surface area contributed by atoms with Gasteiger partial charge in [0.05, 0.1) is 12.1 Å². The average molecular weight is 235 g/mol. The van der Waals surface area contributed by atoms with Crippen molar-refractivity contribution in [2.75, 3.05) is 13.2 Å². The van der Waals surface area contributed by atoms with E-state index in [-0.39, 0.29) is 24.5 Å². The highest BCUT2D eigenvalue weighted by atomic mass is 16.6. The molecule has 1 aliphatic rings. The maximum Gasteiger partial charge on any atom is 0.424 e. The van der Waals surface area contributed by atoms with Crippen molar-refractivity contribution in [3.8, 4) is 5.75 Å². The van der Waals surface area contributed by atoms with Crippen LogP contribution in [0.1, 0.15) is 10.4 Å². The molecule has 6 heteroatoms. The van der Waals surface area contributed by atoms with Gasteiger partial charge in [-0.25, -0.2) is 14.5 Å². The molecule has 6 nitrogen and oxygen atoms in total. The third-order valence-corrected chi connectivity index (χ3v) is 2.22. The van der Waals surface area contributed by atoms with Gasteiger partial charge in [0.2, 0.25) is 0 Å². The van der Waals surface area contributed by atoms with Gasteiger partial charge >= 0.3 is 12.2 Å². The quantitative estimate of drug-likeness (QED) is 0.725. The number of para-hydroxylation sites is 1. The Bertz CT molecular complexity index is 471. The molecule has 1 aliphatic heterocycles. The van der Waals surface area contributed by atoms with Crippen LogP contribution in [-0.4, -0.2) is 36.5 Å². The standard InChI is InChI=1S/C11H9NO5/c13-7-8-3-1-2-4-9(8)17-11(15)12-5-6-16-10(12)14/h1-4,7H,5-6H2. The fraction of sp³-hybridized carbons (Fsp3) is 0.182. The number of aldehydes is 1. The van der Waals surface area contributed by atoms with Crippen LogP contribution in [-0.2, 0) is 4.74 Å². The Kier molecular flexibility index (Phi) is 3.04. The molecule has 17 heavy (non-hydrogen) atoms. The summed E-state index contributed by atoms with van der Waals surface area (Å²) in [5.74, 6) is 0.118. The molecule has 0 N–H and O–H groups in total. The van der Waals surface area contributed by atoms with Gasteiger partial charge in [0, 0.05) is 0 Å². The predicted molar refractivity (Wildman–Crippen MR) is 55.9 cm³/mol. The van der Waals surface area contributed by atoms with Crippen LogP contribution in [0.25, 0.3) is 0 Å². The Morgan fingerprint density at radius 3 is 2.82 bits per heavy atom. The molecule has 1 aromatic carbocycles. The molecular weight excluding hydrogens is 226 g/mol. The highest BCUT2D eigenvalue weighted by molar-refractivity contribution is 5.91. The van der Waals surface area contributed by atoms with Crippen LogP contribution in [0.15, 0.2) is 24.3 Å². The second kappa shape index (κ2) is 4.65. The van der Waals surface area contributed by atoms with E-state index >= 15 is 0 Å². The first kappa shape index (κ1) is 11.1. The molecule has 0 unspecified atom stereocenters. The average Bonchev–Trinajstić information content (AvgIpc) is 2.76. The lowest BCUT2D eigenvalue weighted by atomic mass is 10.2. The first-order valence-corrected chi connectivity index (χ1v) is 4.92. The minimum atomic E-state index is -0.846. The zero-order valence-corrected chi connectivity index (χ0v) is 8.79. The third kappa shape index (κ3) is 2.25. The Morgan fingerprint density at radius 2 is 2.18 bits per heavy atom. The fourth-order valence-corrected chi connectivity index (χ4v) is 1.38. The van der Waals surface area contributed by atoms with Gasteiger partial charge in [-0.05, 0) is 12.1 Å². The van der Waals surface area contributed by atoms with E-state index in [1.807, 2.05) is 0 Å². The second-order valence-electron chi connectivity index (χ2n) is 3.29. The smallest absolute Gasteiger partial charge is 0.424 e. The first-order chi connectivity index (χ1) is 8.22. The van der Waals surface area contributed by atoms with Crippen molar-refractivity contribution in [2.45, 2.75) is 0 Å². The largest absolute Gasteiger partial charge is 0.447 e. The van der Waals surface area contributed by atoms with Crippen molar-refractivity contribution < 1.29 is 23.9 Å². The van der Waals surface area contributed by atoms with Gasteiger partial charge in [-0.1, -0.05) is 12.1 Å². The third-order valence-electron chi connectivity index (χ3n) is 2.22. The van der Waals surface area contributed by atoms with Crippen molar-refractivity contribution in [1.29, 1.82) is 0 Å². The molecule has 1 aromatic rings. The summed E-state index contributed by atoms with van der Waals surface area (Å²) in [5, 5.41) is 0. The van der Waals surface area contributed by atoms with E-state index in [1.54, 1.807) is 12.1 Å². The minimum Gasteiger partial charge on any atom is -0.447 e. The summed E-state index contributed by atoms with van der Waals surface area (Å²) in [6.07, 6.45) is -1.01. The van der Waals surface area contributed by atoms with E-state index in [9.17, 15) is 14.4 Å². The SMILES string of the molecule is O=Cc1ccccc1OC(=O)N1CCOC1=O. The zero-order chi connectivity index (χ0) is 12.3. The number of carbonyl (C=O) groups is 3. The fourth-order valence-electron chi connectivity index (χ4n) is 1.38. The molecule has 0 aliphatic carbocycles. The molecule has 1 saturated heterocycles. The summed E-state index contributed by atoms with van der Waals surface area (Å²) < 4.78 is 9.54. The number of amides is 2. The van der Waals surface area contributed by atoms with Crippen molar-refractivity contribution in [1.82, 2.24) is 4.90 Å². The lowest BCUT2D eigenvalue weighted by Crippen LogP contribution is -2.34. The van der Waals surface area contributed by atoms with Gasteiger partial charge in [-0.3, -0.25) is 4.79 Å². The number of hydrogen-bond acceptors (Lipinski definition) is 5. The molecule has 0 bridgehead atoms. The van der Waals surface area contributed by atoms with Crippen molar-refractivity contribution in [2.24, 2.45) is 0 Å². The van der Waals surface area contributed by atoms with E-state index in [2.05, 4.69) is 4.74 Å². The number of nitrogens with zero attached hydrogens (tertiary/aromatic N) is 1. The Morgan fingerprint density at radius 1 is 1.41 bits per heavy atom. The van der Waals surface area contributed by atoms with Crippen LogP contribution in [0.4, 0.5) is 9.59 Å². The molecule has 0 aromatic heterocycles. The lowest BCUT2D eigenvalue weighted by molar-refractivity contribution is 0.112. The Hall–Kier alpha value is -2.37. The lowest BCUT2D eigenvalue weighted by Gasteiger charge is -2.11. The van der Waals surface area contributed by atoms with Crippen molar-refractivity contribution >= 4 is 18.5 Å². The molecule has 88 valence electrons. The van der Waals surface area contributed by atoms with E-state index in [0.717, 1.165) is 4.90 Å². The maximum atomic E-state index is 11.6. The van der Waals surface area contributed by atoms with Gasteiger partial charge in [0.1, 0.15) is 12.4 Å². The van der Waals surface area contributed by atoms with Crippen LogP contribution in [0, 0.1) is 0 Å². The first-order valence-electron chi connectivity index (χ1n) is 4.92. The topological polar surface area (TPSA) is 72.9 Å². The second-order valence-corrected chi connectivity index (χ2v) is 3.29. The number of benzene rings is 1. The normalized spacial score (nSPS) is 14.4. The molecule has 0 spiro atoms. The van der Waals surface area contributed by atoms with Crippen LogP contribution in [0.2, 0.25) is 0 Å². The van der Waals surface area contributed by atoms with E-state index in [0.29, 0.717) is 6.29 Å². The summed E-state index contributed by atoms with van der Waals surface area (Å²) in [7, 11) is 0. The molecule has 1 heterocycles. The minimum absolute atomic E-state index is 0.118. The molecule has 0 radical (unpaired) electrons. The zero-order valence-electron chi connectivity index (χ0n) is 8.79. The van der Waals surface area contributed by atoms with Gasteiger partial charge in [-0.2, -0.15) is 0 Å². The summed E-state index contributed by atoms with van der Waals surface area (Å²) in [4.78, 5) is 34.2. The Balaban J connectivity index is 2.12. The number of rotatable bonds is 2. The number of hydrogen-bond donors (Lipinski definition) is 0. The summed E-state index contributed by atoms with van der Waals surface area (Å²) >= 11 is 0. The van der Waals surface area contributed by atoms with Crippen molar-refractivity contribution in [3.63, 3.8) is 0 Å². The van der Waals surface area contributed by atoms with Gasteiger partial charge in [0.25, 0.3) is 0 Å². The van der Waals surface area contributed by atoms with Gasteiger partial charge in [-0.15, -0.1) is 0 Å². The summed E-state index contributed by atoms with van der Waals surface area (Å²) in [6, 6.07) is 6.25. The highest BCUT2D eigenvalue weighted by Gasteiger charge is 2.30.